The number of pyridine rings is 1. The number of amides is 1. The minimum absolute atomic E-state index is 0.277. The zero-order valence-corrected chi connectivity index (χ0v) is 15.1. The lowest BCUT2D eigenvalue weighted by Crippen LogP contribution is -2.24. The molecule has 2 aromatic heterocycles. The zero-order valence-electron chi connectivity index (χ0n) is 13.5. The Bertz CT molecular complexity index is 886. The lowest BCUT2D eigenvalue weighted by atomic mass is 10.2. The summed E-state index contributed by atoms with van der Waals surface area (Å²) < 4.78 is 0.988. The zero-order chi connectivity index (χ0) is 17.6. The fourth-order valence-electron chi connectivity index (χ4n) is 2.11. The summed E-state index contributed by atoms with van der Waals surface area (Å²) in [6.07, 6.45) is 3.24. The van der Waals surface area contributed by atoms with Gasteiger partial charge in [0, 0.05) is 22.6 Å². The maximum atomic E-state index is 12.3. The Morgan fingerprint density at radius 3 is 2.76 bits per heavy atom. The van der Waals surface area contributed by atoms with Gasteiger partial charge in [-0.25, -0.2) is 9.97 Å². The Balaban J connectivity index is 1.68. The Labute approximate surface area is 153 Å². The standard InChI is InChI=1S/C18H16BrN5O/c1-12-5-6-13(10-15(12)19)23-18-21-9-7-16(24-18)17(25)22-11-14-4-2-3-8-20-14/h2-10H,11H2,1H3,(H,22,25)(H,21,23,24). The molecule has 0 fully saturated rings. The third-order valence-corrected chi connectivity index (χ3v) is 4.33. The molecule has 0 radical (unpaired) electrons. The average molecular weight is 398 g/mol. The number of nitrogens with one attached hydrogen (secondary N) is 2. The number of benzene rings is 1. The lowest BCUT2D eigenvalue weighted by Gasteiger charge is -2.08. The molecule has 0 unspecified atom stereocenters. The lowest BCUT2D eigenvalue weighted by molar-refractivity contribution is 0.0945. The molecule has 0 saturated carbocycles. The highest BCUT2D eigenvalue weighted by Gasteiger charge is 2.09. The molecule has 0 bridgehead atoms. The van der Waals surface area contributed by atoms with Crippen LogP contribution < -0.4 is 10.6 Å². The van der Waals surface area contributed by atoms with Crippen molar-refractivity contribution in [2.45, 2.75) is 13.5 Å². The van der Waals surface area contributed by atoms with Gasteiger partial charge in [0.2, 0.25) is 5.95 Å². The number of nitrogens with zero attached hydrogens (tertiary/aromatic N) is 3. The van der Waals surface area contributed by atoms with Crippen molar-refractivity contribution in [1.82, 2.24) is 20.3 Å². The van der Waals surface area contributed by atoms with Crippen LogP contribution in [0.1, 0.15) is 21.7 Å². The summed E-state index contributed by atoms with van der Waals surface area (Å²) in [7, 11) is 0. The van der Waals surface area contributed by atoms with Gasteiger partial charge in [0.25, 0.3) is 5.91 Å². The molecule has 2 N–H and O–H groups in total. The quantitative estimate of drug-likeness (QED) is 0.687. The number of hydrogen-bond acceptors (Lipinski definition) is 5. The number of carbonyl (C=O) groups excluding carboxylic acids is 1. The van der Waals surface area contributed by atoms with Gasteiger partial charge in [-0.3, -0.25) is 9.78 Å². The minimum atomic E-state index is -0.277. The van der Waals surface area contributed by atoms with Crippen molar-refractivity contribution in [2.24, 2.45) is 0 Å². The first-order valence-corrected chi connectivity index (χ1v) is 8.45. The average Bonchev–Trinajstić information content (AvgIpc) is 2.64. The first kappa shape index (κ1) is 17.0. The summed E-state index contributed by atoms with van der Waals surface area (Å²) in [5.41, 5.74) is 3.05. The van der Waals surface area contributed by atoms with Crippen molar-refractivity contribution < 1.29 is 4.79 Å². The van der Waals surface area contributed by atoms with Crippen LogP contribution in [-0.2, 0) is 6.54 Å². The van der Waals surface area contributed by atoms with E-state index in [0.717, 1.165) is 21.4 Å². The predicted octanol–water partition coefficient (Wildman–Crippen LogP) is 3.62. The molecule has 25 heavy (non-hydrogen) atoms. The molecule has 2 heterocycles. The van der Waals surface area contributed by atoms with E-state index in [1.165, 1.54) is 0 Å². The fraction of sp³-hybridized carbons (Fsp3) is 0.111. The highest BCUT2D eigenvalue weighted by atomic mass is 79.9. The van der Waals surface area contributed by atoms with Crippen LogP contribution in [0.4, 0.5) is 11.6 Å². The van der Waals surface area contributed by atoms with Crippen molar-refractivity contribution in [3.63, 3.8) is 0 Å². The third kappa shape index (κ3) is 4.60. The first-order chi connectivity index (χ1) is 12.1. The molecular formula is C18H16BrN5O. The van der Waals surface area contributed by atoms with Gasteiger partial charge in [0.1, 0.15) is 5.69 Å². The van der Waals surface area contributed by atoms with Crippen molar-refractivity contribution >= 4 is 33.5 Å². The van der Waals surface area contributed by atoms with E-state index in [9.17, 15) is 4.79 Å². The number of aryl methyl sites for hydroxylation is 1. The van der Waals surface area contributed by atoms with Crippen LogP contribution in [0.25, 0.3) is 0 Å². The number of rotatable bonds is 5. The van der Waals surface area contributed by atoms with Gasteiger partial charge in [0.05, 0.1) is 12.2 Å². The Kier molecular flexibility index (Phi) is 5.35. The van der Waals surface area contributed by atoms with Gasteiger partial charge in [-0.1, -0.05) is 28.1 Å². The van der Waals surface area contributed by atoms with Gasteiger partial charge in [-0.2, -0.15) is 0 Å². The van der Waals surface area contributed by atoms with Crippen molar-refractivity contribution in [2.75, 3.05) is 5.32 Å². The molecule has 0 atom stereocenters. The number of halogens is 1. The Hall–Kier alpha value is -2.80. The molecular weight excluding hydrogens is 382 g/mol. The van der Waals surface area contributed by atoms with Crippen LogP contribution in [0, 0.1) is 6.92 Å². The maximum absolute atomic E-state index is 12.3. The second-order valence-electron chi connectivity index (χ2n) is 5.36. The topological polar surface area (TPSA) is 79.8 Å². The van der Waals surface area contributed by atoms with Gasteiger partial charge in [-0.05, 0) is 42.8 Å². The van der Waals surface area contributed by atoms with Crippen LogP contribution in [0.15, 0.2) is 59.3 Å². The molecule has 0 aliphatic heterocycles. The summed E-state index contributed by atoms with van der Waals surface area (Å²) >= 11 is 3.49. The van der Waals surface area contributed by atoms with E-state index >= 15 is 0 Å². The van der Waals surface area contributed by atoms with Gasteiger partial charge in [0.15, 0.2) is 0 Å². The summed E-state index contributed by atoms with van der Waals surface area (Å²) in [5.74, 6) is 0.0856. The van der Waals surface area contributed by atoms with E-state index in [-0.39, 0.29) is 5.91 Å². The molecule has 6 nitrogen and oxygen atoms in total. The summed E-state index contributed by atoms with van der Waals surface area (Å²) in [5, 5.41) is 5.89. The van der Waals surface area contributed by atoms with Crippen LogP contribution in [0.2, 0.25) is 0 Å². The second-order valence-corrected chi connectivity index (χ2v) is 6.21. The molecule has 126 valence electrons. The second kappa shape index (κ2) is 7.85. The van der Waals surface area contributed by atoms with Gasteiger partial charge < -0.3 is 10.6 Å². The Morgan fingerprint density at radius 1 is 1.12 bits per heavy atom. The molecule has 3 rings (SSSR count). The minimum Gasteiger partial charge on any atom is -0.345 e. The molecule has 1 amide bonds. The van der Waals surface area contributed by atoms with Crippen molar-refractivity contribution in [1.29, 1.82) is 0 Å². The molecule has 1 aromatic carbocycles. The van der Waals surface area contributed by atoms with Crippen molar-refractivity contribution in [3.05, 3.63) is 76.3 Å². The predicted molar refractivity (Wildman–Crippen MR) is 99.6 cm³/mol. The summed E-state index contributed by atoms with van der Waals surface area (Å²) in [6, 6.07) is 13.0. The monoisotopic (exact) mass is 397 g/mol. The fourth-order valence-corrected chi connectivity index (χ4v) is 2.49. The third-order valence-electron chi connectivity index (χ3n) is 3.47. The molecule has 0 aliphatic rings. The summed E-state index contributed by atoms with van der Waals surface area (Å²) in [6.45, 7) is 2.36. The van der Waals surface area contributed by atoms with E-state index in [2.05, 4.69) is 41.5 Å². The van der Waals surface area contributed by atoms with Gasteiger partial charge >= 0.3 is 0 Å². The van der Waals surface area contributed by atoms with E-state index in [1.54, 1.807) is 18.5 Å². The number of aromatic nitrogens is 3. The van der Waals surface area contributed by atoms with Crippen molar-refractivity contribution in [3.8, 4) is 0 Å². The molecule has 7 heteroatoms. The SMILES string of the molecule is Cc1ccc(Nc2nccc(C(=O)NCc3ccccn3)n2)cc1Br. The van der Waals surface area contributed by atoms with E-state index < -0.39 is 0 Å². The molecule has 3 aromatic rings. The van der Waals surface area contributed by atoms with Gasteiger partial charge in [-0.15, -0.1) is 0 Å². The van der Waals surface area contributed by atoms with E-state index in [0.29, 0.717) is 18.2 Å². The molecule has 0 aliphatic carbocycles. The smallest absolute Gasteiger partial charge is 0.270 e. The maximum Gasteiger partial charge on any atom is 0.270 e. The normalized spacial score (nSPS) is 10.3. The molecule has 0 spiro atoms. The highest BCUT2D eigenvalue weighted by Crippen LogP contribution is 2.22. The largest absolute Gasteiger partial charge is 0.345 e. The number of hydrogen-bond donors (Lipinski definition) is 2. The number of carbonyl (C=O) groups is 1. The number of anilines is 2. The molecule has 0 saturated heterocycles. The summed E-state index contributed by atoms with van der Waals surface area (Å²) in [4.78, 5) is 24.8. The van der Waals surface area contributed by atoms with Crippen LogP contribution in [0.5, 0.6) is 0 Å². The van der Waals surface area contributed by atoms with Crippen LogP contribution in [-0.4, -0.2) is 20.9 Å². The highest BCUT2D eigenvalue weighted by molar-refractivity contribution is 9.10. The first-order valence-electron chi connectivity index (χ1n) is 7.66. The Morgan fingerprint density at radius 2 is 2.00 bits per heavy atom. The van der Waals surface area contributed by atoms with Crippen LogP contribution in [0.3, 0.4) is 0 Å². The van der Waals surface area contributed by atoms with Crippen LogP contribution >= 0.6 is 15.9 Å². The van der Waals surface area contributed by atoms with E-state index in [4.69, 9.17) is 0 Å². The van der Waals surface area contributed by atoms with E-state index in [1.807, 2.05) is 43.3 Å².